The van der Waals surface area contributed by atoms with Gasteiger partial charge in [0.1, 0.15) is 11.9 Å². The fourth-order valence-electron chi connectivity index (χ4n) is 3.80. The molecule has 3 aromatic rings. The lowest BCUT2D eigenvalue weighted by atomic mass is 10.0. The van der Waals surface area contributed by atoms with Crippen LogP contribution in [0.4, 0.5) is 24.9 Å². The number of nitrogens with zero attached hydrogens (tertiary/aromatic N) is 5. The van der Waals surface area contributed by atoms with Crippen molar-refractivity contribution in [2.75, 3.05) is 23.7 Å². The monoisotopic (exact) mass is 495 g/mol. The third-order valence-corrected chi connectivity index (χ3v) is 5.75. The zero-order chi connectivity index (χ0) is 25.7. The maximum absolute atomic E-state index is 13.2. The van der Waals surface area contributed by atoms with Crippen molar-refractivity contribution >= 4 is 17.3 Å². The predicted molar refractivity (Wildman–Crippen MR) is 128 cm³/mol. The summed E-state index contributed by atoms with van der Waals surface area (Å²) in [4.78, 5) is 16.7. The van der Waals surface area contributed by atoms with Crippen LogP contribution in [-0.4, -0.2) is 39.1 Å². The smallest absolute Gasteiger partial charge is 0.404 e. The van der Waals surface area contributed by atoms with Gasteiger partial charge in [-0.1, -0.05) is 6.07 Å². The number of nitrogens with one attached hydrogen (secondary N) is 3. The summed E-state index contributed by atoms with van der Waals surface area (Å²) in [6.07, 6.45) is 2.54. The Kier molecular flexibility index (Phi) is 7.30. The highest BCUT2D eigenvalue weighted by Gasteiger charge is 2.31. The third kappa shape index (κ3) is 5.69. The summed E-state index contributed by atoms with van der Waals surface area (Å²) in [7, 11) is 0. The molecule has 1 unspecified atom stereocenters. The molecule has 12 heteroatoms. The van der Waals surface area contributed by atoms with Crippen LogP contribution in [0.2, 0.25) is 0 Å². The van der Waals surface area contributed by atoms with Crippen molar-refractivity contribution < 1.29 is 13.2 Å². The number of halogens is 3. The van der Waals surface area contributed by atoms with Gasteiger partial charge in [0.2, 0.25) is 5.95 Å². The van der Waals surface area contributed by atoms with Crippen LogP contribution in [-0.2, 0) is 6.18 Å². The van der Waals surface area contributed by atoms with E-state index in [-0.39, 0.29) is 34.4 Å². The van der Waals surface area contributed by atoms with Gasteiger partial charge >= 0.3 is 6.18 Å². The normalized spacial score (nSPS) is 16.9. The Morgan fingerprint density at radius 2 is 2.08 bits per heavy atom. The van der Waals surface area contributed by atoms with E-state index in [4.69, 9.17) is 5.73 Å². The Morgan fingerprint density at radius 1 is 1.25 bits per heavy atom. The van der Waals surface area contributed by atoms with Crippen LogP contribution in [0.25, 0.3) is 5.57 Å². The first kappa shape index (κ1) is 24.9. The number of alkyl halides is 3. The van der Waals surface area contributed by atoms with Crippen molar-refractivity contribution in [3.8, 4) is 6.07 Å². The highest BCUT2D eigenvalue weighted by molar-refractivity contribution is 5.80. The number of aromatic nitrogens is 4. The van der Waals surface area contributed by atoms with E-state index in [1.807, 2.05) is 25.1 Å². The number of hydrogen-bond acceptors (Lipinski definition) is 9. The van der Waals surface area contributed by atoms with Gasteiger partial charge in [0.25, 0.3) is 0 Å². The molecule has 1 saturated heterocycles. The Labute approximate surface area is 205 Å². The van der Waals surface area contributed by atoms with E-state index in [0.29, 0.717) is 6.04 Å². The number of nitriles is 1. The molecule has 0 radical (unpaired) electrons. The summed E-state index contributed by atoms with van der Waals surface area (Å²) in [5, 5.41) is 19.4. The van der Waals surface area contributed by atoms with Crippen molar-refractivity contribution in [2.45, 2.75) is 31.6 Å². The van der Waals surface area contributed by atoms with E-state index in [0.717, 1.165) is 49.4 Å². The summed E-state index contributed by atoms with van der Waals surface area (Å²) < 4.78 is 39.6. The molecule has 0 spiro atoms. The molecule has 0 saturated carbocycles. The summed E-state index contributed by atoms with van der Waals surface area (Å²) in [6.45, 7) is 3.77. The van der Waals surface area contributed by atoms with Crippen molar-refractivity contribution in [3.05, 3.63) is 77.1 Å². The second-order valence-corrected chi connectivity index (χ2v) is 8.28. The standard InChI is InChI=1S/C24H24F3N9/c1-14(15-2-3-21(32-10-15)35-19-4-5-30-13-19)34-23-33-11-17(7-28)22(36-23)20(8-29)16-6-18(12-31-9-16)24(25,26)27/h2-3,6,8-12,14,19,30H,4-5,13,29H2,1H3,(H,32,35)(H,33,34,36)/b20-8+/t14?,19-/m0/s1. The Bertz CT molecular complexity index is 1280. The maximum atomic E-state index is 13.2. The number of rotatable bonds is 7. The van der Waals surface area contributed by atoms with Gasteiger partial charge in [-0.15, -0.1) is 0 Å². The van der Waals surface area contributed by atoms with E-state index in [1.165, 1.54) is 12.4 Å². The van der Waals surface area contributed by atoms with Crippen LogP contribution in [0.5, 0.6) is 0 Å². The third-order valence-electron chi connectivity index (χ3n) is 5.75. The van der Waals surface area contributed by atoms with Gasteiger partial charge in [-0.2, -0.15) is 18.4 Å². The largest absolute Gasteiger partial charge is 0.417 e. The molecule has 9 nitrogen and oxygen atoms in total. The number of anilines is 2. The van der Waals surface area contributed by atoms with Crippen LogP contribution in [0, 0.1) is 11.3 Å². The molecule has 1 aliphatic rings. The van der Waals surface area contributed by atoms with Gasteiger partial charge in [-0.25, -0.2) is 15.0 Å². The summed E-state index contributed by atoms with van der Waals surface area (Å²) in [6, 6.07) is 6.79. The highest BCUT2D eigenvalue weighted by Crippen LogP contribution is 2.32. The molecular formula is C24H24F3N9. The number of pyridine rings is 2. The molecule has 4 heterocycles. The first-order chi connectivity index (χ1) is 17.3. The molecule has 0 bridgehead atoms. The molecule has 1 aliphatic heterocycles. The van der Waals surface area contributed by atoms with Gasteiger partial charge in [0.15, 0.2) is 0 Å². The average molecular weight is 496 g/mol. The molecule has 186 valence electrons. The zero-order valence-electron chi connectivity index (χ0n) is 19.3. The SMILES string of the molecule is CC(Nc1ncc(C#N)c(/C(=C/N)c2cncc(C(F)(F)F)c2)n1)c1ccc(N[C@H]2CCNC2)nc1. The average Bonchev–Trinajstić information content (AvgIpc) is 3.38. The lowest BCUT2D eigenvalue weighted by Crippen LogP contribution is -2.22. The van der Waals surface area contributed by atoms with Gasteiger partial charge in [-0.05, 0) is 37.6 Å². The summed E-state index contributed by atoms with van der Waals surface area (Å²) >= 11 is 0. The number of nitrogens with two attached hydrogens (primary N) is 1. The second-order valence-electron chi connectivity index (χ2n) is 8.28. The van der Waals surface area contributed by atoms with Gasteiger partial charge in [0, 0.05) is 48.5 Å². The molecule has 1 fully saturated rings. The highest BCUT2D eigenvalue weighted by atomic mass is 19.4. The fourth-order valence-corrected chi connectivity index (χ4v) is 3.80. The molecule has 3 aromatic heterocycles. The second kappa shape index (κ2) is 10.6. The topological polar surface area (TPSA) is 137 Å². The molecule has 0 aliphatic carbocycles. The van der Waals surface area contributed by atoms with E-state index in [9.17, 15) is 18.4 Å². The van der Waals surface area contributed by atoms with Crippen molar-refractivity contribution in [2.24, 2.45) is 5.73 Å². The lowest BCUT2D eigenvalue weighted by Gasteiger charge is -2.17. The first-order valence-electron chi connectivity index (χ1n) is 11.2. The van der Waals surface area contributed by atoms with E-state index in [2.05, 4.69) is 35.9 Å². The van der Waals surface area contributed by atoms with Crippen LogP contribution >= 0.6 is 0 Å². The summed E-state index contributed by atoms with van der Waals surface area (Å²) in [5.74, 6) is 0.957. The van der Waals surface area contributed by atoms with Gasteiger partial charge in [-0.3, -0.25) is 4.98 Å². The quantitative estimate of drug-likeness (QED) is 0.388. The lowest BCUT2D eigenvalue weighted by molar-refractivity contribution is -0.137. The maximum Gasteiger partial charge on any atom is 0.417 e. The minimum absolute atomic E-state index is 0.0563. The van der Waals surface area contributed by atoms with E-state index >= 15 is 0 Å². The Hall–Kier alpha value is -4.24. The number of hydrogen-bond donors (Lipinski definition) is 4. The molecule has 2 atom stereocenters. The minimum Gasteiger partial charge on any atom is -0.404 e. The van der Waals surface area contributed by atoms with E-state index in [1.54, 1.807) is 6.20 Å². The van der Waals surface area contributed by atoms with Crippen LogP contribution in [0.1, 0.15) is 47.3 Å². The minimum atomic E-state index is -4.58. The van der Waals surface area contributed by atoms with Crippen molar-refractivity contribution in [1.82, 2.24) is 25.3 Å². The summed E-state index contributed by atoms with van der Waals surface area (Å²) in [5.41, 5.74) is 6.04. The molecule has 0 amide bonds. The predicted octanol–water partition coefficient (Wildman–Crippen LogP) is 3.45. The molecule has 5 N–H and O–H groups in total. The van der Waals surface area contributed by atoms with Crippen molar-refractivity contribution in [3.63, 3.8) is 0 Å². The molecule has 36 heavy (non-hydrogen) atoms. The zero-order valence-corrected chi connectivity index (χ0v) is 19.3. The van der Waals surface area contributed by atoms with Crippen LogP contribution < -0.4 is 21.7 Å². The fraction of sp³-hybridized carbons (Fsp3) is 0.292. The van der Waals surface area contributed by atoms with Crippen LogP contribution in [0.15, 0.2) is 49.2 Å². The van der Waals surface area contributed by atoms with E-state index < -0.39 is 11.7 Å². The van der Waals surface area contributed by atoms with Gasteiger partial charge < -0.3 is 21.7 Å². The molecule has 0 aromatic carbocycles. The van der Waals surface area contributed by atoms with Crippen LogP contribution in [0.3, 0.4) is 0 Å². The van der Waals surface area contributed by atoms with Gasteiger partial charge in [0.05, 0.1) is 29.1 Å². The Balaban J connectivity index is 1.55. The Morgan fingerprint density at radius 3 is 2.72 bits per heavy atom. The molecule has 4 rings (SSSR count). The van der Waals surface area contributed by atoms with Crippen molar-refractivity contribution in [1.29, 1.82) is 5.26 Å². The molecular weight excluding hydrogens is 471 g/mol. The first-order valence-corrected chi connectivity index (χ1v) is 11.2.